The lowest BCUT2D eigenvalue weighted by atomic mass is 9.78. The van der Waals surface area contributed by atoms with Gasteiger partial charge in [0, 0.05) is 11.3 Å². The van der Waals surface area contributed by atoms with E-state index in [2.05, 4.69) is 5.32 Å². The molecule has 1 aliphatic heterocycles. The molecule has 6 heteroatoms. The van der Waals surface area contributed by atoms with Crippen LogP contribution in [0.5, 0.6) is 11.5 Å². The Morgan fingerprint density at radius 1 is 0.853 bits per heavy atom. The van der Waals surface area contributed by atoms with Crippen molar-refractivity contribution in [2.75, 3.05) is 25.1 Å². The second kappa shape index (κ2) is 9.59. The Labute approximate surface area is 198 Å². The van der Waals surface area contributed by atoms with Crippen molar-refractivity contribution in [3.8, 4) is 22.6 Å². The standard InChI is InChI=1S/C28H27NO5/c30-26(29-23-11-5-4-10-22(23)20-8-2-1-3-9-20)19-34-27(31)28(14-6-7-15-28)21-12-13-24-25(18-21)33-17-16-32-24/h1-5,8-13,18H,6-7,14-17,19H2,(H,29,30). The van der Waals surface area contributed by atoms with Gasteiger partial charge in [-0.15, -0.1) is 0 Å². The molecule has 1 saturated carbocycles. The molecule has 0 bridgehead atoms. The lowest BCUT2D eigenvalue weighted by molar-refractivity contribution is -0.153. The van der Waals surface area contributed by atoms with Crippen molar-refractivity contribution in [2.24, 2.45) is 0 Å². The average molecular weight is 458 g/mol. The molecule has 1 N–H and O–H groups in total. The molecule has 3 aromatic rings. The number of para-hydroxylation sites is 1. The van der Waals surface area contributed by atoms with Crippen molar-refractivity contribution in [1.29, 1.82) is 0 Å². The zero-order valence-electron chi connectivity index (χ0n) is 18.9. The molecule has 0 unspecified atom stereocenters. The fourth-order valence-corrected chi connectivity index (χ4v) is 4.85. The molecular formula is C28H27NO5. The number of hydrogen-bond donors (Lipinski definition) is 1. The van der Waals surface area contributed by atoms with E-state index < -0.39 is 5.41 Å². The molecule has 34 heavy (non-hydrogen) atoms. The summed E-state index contributed by atoms with van der Waals surface area (Å²) in [6.45, 7) is 0.662. The molecule has 174 valence electrons. The van der Waals surface area contributed by atoms with Gasteiger partial charge in [0.25, 0.3) is 5.91 Å². The van der Waals surface area contributed by atoms with Gasteiger partial charge < -0.3 is 19.5 Å². The van der Waals surface area contributed by atoms with Gasteiger partial charge in [0.05, 0.1) is 5.41 Å². The molecule has 1 amide bonds. The Kier molecular flexibility index (Phi) is 6.21. The summed E-state index contributed by atoms with van der Waals surface area (Å²) in [5, 5.41) is 2.90. The van der Waals surface area contributed by atoms with Crippen molar-refractivity contribution in [3.63, 3.8) is 0 Å². The number of fused-ring (bicyclic) bond motifs is 1. The van der Waals surface area contributed by atoms with Crippen LogP contribution in [0.4, 0.5) is 5.69 Å². The van der Waals surface area contributed by atoms with E-state index in [9.17, 15) is 9.59 Å². The lowest BCUT2D eigenvalue weighted by Crippen LogP contribution is -2.36. The Morgan fingerprint density at radius 2 is 1.56 bits per heavy atom. The van der Waals surface area contributed by atoms with Gasteiger partial charge >= 0.3 is 5.97 Å². The third-order valence-corrected chi connectivity index (χ3v) is 6.56. The monoisotopic (exact) mass is 457 g/mol. The molecule has 1 fully saturated rings. The topological polar surface area (TPSA) is 73.9 Å². The van der Waals surface area contributed by atoms with Gasteiger partial charge in [-0.2, -0.15) is 0 Å². The highest BCUT2D eigenvalue weighted by Gasteiger charge is 2.45. The normalized spacial score (nSPS) is 16.0. The fourth-order valence-electron chi connectivity index (χ4n) is 4.85. The molecule has 0 saturated heterocycles. The van der Waals surface area contributed by atoms with Gasteiger partial charge in [-0.1, -0.05) is 67.4 Å². The van der Waals surface area contributed by atoms with Crippen LogP contribution < -0.4 is 14.8 Å². The number of anilines is 1. The SMILES string of the molecule is O=C(COC(=O)C1(c2ccc3c(c2)OCCO3)CCCC1)Nc1ccccc1-c1ccccc1. The van der Waals surface area contributed by atoms with Crippen LogP contribution in [0.1, 0.15) is 31.2 Å². The Morgan fingerprint density at radius 3 is 2.35 bits per heavy atom. The van der Waals surface area contributed by atoms with E-state index in [0.717, 1.165) is 29.5 Å². The van der Waals surface area contributed by atoms with Gasteiger partial charge in [-0.05, 0) is 42.2 Å². The van der Waals surface area contributed by atoms with Gasteiger partial charge in [-0.25, -0.2) is 0 Å². The Hall–Kier alpha value is -3.80. The summed E-state index contributed by atoms with van der Waals surface area (Å²) >= 11 is 0. The van der Waals surface area contributed by atoms with Gasteiger partial charge in [0.2, 0.25) is 0 Å². The van der Waals surface area contributed by atoms with Crippen LogP contribution in [0.3, 0.4) is 0 Å². The van der Waals surface area contributed by atoms with Gasteiger partial charge in [0.15, 0.2) is 18.1 Å². The van der Waals surface area contributed by atoms with Crippen LogP contribution in [0, 0.1) is 0 Å². The first-order chi connectivity index (χ1) is 16.7. The van der Waals surface area contributed by atoms with E-state index in [1.807, 2.05) is 72.8 Å². The largest absolute Gasteiger partial charge is 0.486 e. The fraction of sp³-hybridized carbons (Fsp3) is 0.286. The summed E-state index contributed by atoms with van der Waals surface area (Å²) in [5.74, 6) is 0.603. The molecule has 0 atom stereocenters. The highest BCUT2D eigenvalue weighted by atomic mass is 16.6. The summed E-state index contributed by atoms with van der Waals surface area (Å²) in [7, 11) is 0. The summed E-state index contributed by atoms with van der Waals surface area (Å²) in [5.41, 5.74) is 2.68. The van der Waals surface area contributed by atoms with Gasteiger partial charge in [-0.3, -0.25) is 9.59 Å². The van der Waals surface area contributed by atoms with Crippen LogP contribution in [0.2, 0.25) is 0 Å². The molecule has 3 aromatic carbocycles. The number of carbonyl (C=O) groups excluding carboxylic acids is 2. The minimum absolute atomic E-state index is 0.339. The highest BCUT2D eigenvalue weighted by Crippen LogP contribution is 2.45. The molecule has 2 aliphatic rings. The van der Waals surface area contributed by atoms with Crippen LogP contribution in [-0.4, -0.2) is 31.7 Å². The minimum Gasteiger partial charge on any atom is -0.486 e. The molecule has 0 aromatic heterocycles. The van der Waals surface area contributed by atoms with E-state index in [-0.39, 0.29) is 18.5 Å². The predicted octanol–water partition coefficient (Wildman–Crippen LogP) is 5.12. The first-order valence-corrected chi connectivity index (χ1v) is 11.7. The van der Waals surface area contributed by atoms with Crippen LogP contribution in [0.25, 0.3) is 11.1 Å². The van der Waals surface area contributed by atoms with Crippen molar-refractivity contribution in [2.45, 2.75) is 31.1 Å². The van der Waals surface area contributed by atoms with Gasteiger partial charge in [0.1, 0.15) is 13.2 Å². The van der Waals surface area contributed by atoms with Crippen molar-refractivity contribution in [3.05, 3.63) is 78.4 Å². The molecule has 0 radical (unpaired) electrons. The molecule has 0 spiro atoms. The first-order valence-electron chi connectivity index (χ1n) is 11.7. The van der Waals surface area contributed by atoms with E-state index in [0.29, 0.717) is 43.2 Å². The maximum Gasteiger partial charge on any atom is 0.317 e. The Bertz CT molecular complexity index is 1180. The third-order valence-electron chi connectivity index (χ3n) is 6.56. The summed E-state index contributed by atoms with van der Waals surface area (Å²) < 4.78 is 16.9. The smallest absolute Gasteiger partial charge is 0.317 e. The molecule has 5 rings (SSSR count). The molecule has 6 nitrogen and oxygen atoms in total. The number of carbonyl (C=O) groups is 2. The number of ether oxygens (including phenoxy) is 3. The number of nitrogens with one attached hydrogen (secondary N) is 1. The van der Waals surface area contributed by atoms with Crippen LogP contribution in [-0.2, 0) is 19.7 Å². The van der Waals surface area contributed by atoms with Crippen molar-refractivity contribution >= 4 is 17.6 Å². The van der Waals surface area contributed by atoms with E-state index in [1.54, 1.807) is 0 Å². The number of esters is 1. The van der Waals surface area contributed by atoms with E-state index >= 15 is 0 Å². The number of hydrogen-bond acceptors (Lipinski definition) is 5. The van der Waals surface area contributed by atoms with E-state index in [4.69, 9.17) is 14.2 Å². The quantitative estimate of drug-likeness (QED) is 0.520. The summed E-state index contributed by atoms with van der Waals surface area (Å²) in [4.78, 5) is 26.0. The maximum absolute atomic E-state index is 13.3. The van der Waals surface area contributed by atoms with E-state index in [1.165, 1.54) is 0 Å². The number of rotatable bonds is 6. The second-order valence-corrected chi connectivity index (χ2v) is 8.68. The zero-order chi connectivity index (χ0) is 23.4. The molecule has 1 aliphatic carbocycles. The zero-order valence-corrected chi connectivity index (χ0v) is 18.9. The average Bonchev–Trinajstić information content (AvgIpc) is 3.39. The Balaban J connectivity index is 1.29. The van der Waals surface area contributed by atoms with Crippen LogP contribution in [0.15, 0.2) is 72.8 Å². The highest BCUT2D eigenvalue weighted by molar-refractivity contribution is 5.97. The third kappa shape index (κ3) is 4.36. The predicted molar refractivity (Wildman–Crippen MR) is 129 cm³/mol. The van der Waals surface area contributed by atoms with Crippen LogP contribution >= 0.6 is 0 Å². The first kappa shape index (κ1) is 22.0. The summed E-state index contributed by atoms with van der Waals surface area (Å²) in [6, 6.07) is 23.1. The second-order valence-electron chi connectivity index (χ2n) is 8.68. The van der Waals surface area contributed by atoms with Crippen molar-refractivity contribution in [1.82, 2.24) is 0 Å². The number of amides is 1. The number of benzene rings is 3. The lowest BCUT2D eigenvalue weighted by Gasteiger charge is -2.28. The molecule has 1 heterocycles. The minimum atomic E-state index is -0.766. The maximum atomic E-state index is 13.3. The molecular weight excluding hydrogens is 430 g/mol. The van der Waals surface area contributed by atoms with Crippen molar-refractivity contribution < 1.29 is 23.8 Å². The summed E-state index contributed by atoms with van der Waals surface area (Å²) in [6.07, 6.45) is 3.23.